The van der Waals surface area contributed by atoms with E-state index >= 15 is 0 Å². The Morgan fingerprint density at radius 1 is 1.17 bits per heavy atom. The van der Waals surface area contributed by atoms with Gasteiger partial charge in [-0.25, -0.2) is 0 Å². The van der Waals surface area contributed by atoms with E-state index in [1.165, 1.54) is 17.5 Å². The SMILES string of the molecule is CCN(CC)Cc1cccc(CNC(=NC)NCC2CCCOC2C(C)(C)C)c1.I. The van der Waals surface area contributed by atoms with E-state index in [-0.39, 0.29) is 29.4 Å². The highest BCUT2D eigenvalue weighted by Crippen LogP contribution is 2.33. The van der Waals surface area contributed by atoms with Crippen molar-refractivity contribution >= 4 is 29.9 Å². The van der Waals surface area contributed by atoms with Crippen LogP contribution in [0.15, 0.2) is 29.3 Å². The van der Waals surface area contributed by atoms with Crippen LogP contribution in [0.4, 0.5) is 0 Å². The molecule has 0 aromatic heterocycles. The van der Waals surface area contributed by atoms with Crippen molar-refractivity contribution in [1.29, 1.82) is 0 Å². The fraction of sp³-hybridized carbons (Fsp3) is 0.708. The van der Waals surface area contributed by atoms with Crippen LogP contribution in [-0.4, -0.2) is 50.3 Å². The molecular formula is C24H43IN4O. The van der Waals surface area contributed by atoms with Crippen molar-refractivity contribution in [2.75, 3.05) is 33.3 Å². The molecule has 0 bridgehead atoms. The van der Waals surface area contributed by atoms with Gasteiger partial charge < -0.3 is 15.4 Å². The number of ether oxygens (including phenoxy) is 1. The highest BCUT2D eigenvalue weighted by Gasteiger charge is 2.35. The van der Waals surface area contributed by atoms with Crippen molar-refractivity contribution in [3.8, 4) is 0 Å². The molecule has 0 spiro atoms. The number of hydrogen-bond acceptors (Lipinski definition) is 3. The molecule has 2 atom stereocenters. The molecular weight excluding hydrogens is 487 g/mol. The smallest absolute Gasteiger partial charge is 0.191 e. The number of benzene rings is 1. The van der Waals surface area contributed by atoms with Crippen molar-refractivity contribution < 1.29 is 4.74 Å². The first kappa shape index (κ1) is 27.2. The van der Waals surface area contributed by atoms with E-state index in [1.807, 2.05) is 7.05 Å². The van der Waals surface area contributed by atoms with Crippen molar-refractivity contribution in [2.24, 2.45) is 16.3 Å². The van der Waals surface area contributed by atoms with Crippen molar-refractivity contribution in [3.63, 3.8) is 0 Å². The predicted molar refractivity (Wildman–Crippen MR) is 139 cm³/mol. The molecule has 0 radical (unpaired) electrons. The fourth-order valence-corrected chi connectivity index (χ4v) is 4.19. The second-order valence-electron chi connectivity index (χ2n) is 9.15. The number of nitrogens with one attached hydrogen (secondary N) is 2. The van der Waals surface area contributed by atoms with E-state index in [9.17, 15) is 0 Å². The van der Waals surface area contributed by atoms with Crippen molar-refractivity contribution in [1.82, 2.24) is 15.5 Å². The monoisotopic (exact) mass is 530 g/mol. The van der Waals surface area contributed by atoms with E-state index in [4.69, 9.17) is 4.74 Å². The fourth-order valence-electron chi connectivity index (χ4n) is 4.19. The first-order valence-corrected chi connectivity index (χ1v) is 11.2. The summed E-state index contributed by atoms with van der Waals surface area (Å²) in [6.45, 7) is 17.0. The molecule has 1 aromatic rings. The average Bonchev–Trinajstić information content (AvgIpc) is 2.72. The van der Waals surface area contributed by atoms with Gasteiger partial charge in [0.1, 0.15) is 0 Å². The Bertz CT molecular complexity index is 640. The molecule has 2 unspecified atom stereocenters. The Kier molecular flexibility index (Phi) is 12.3. The summed E-state index contributed by atoms with van der Waals surface area (Å²) in [6, 6.07) is 8.84. The highest BCUT2D eigenvalue weighted by molar-refractivity contribution is 14.0. The van der Waals surface area contributed by atoms with Crippen LogP contribution >= 0.6 is 24.0 Å². The molecule has 1 fully saturated rings. The first-order chi connectivity index (χ1) is 13.9. The maximum Gasteiger partial charge on any atom is 0.191 e. The Morgan fingerprint density at radius 3 is 2.50 bits per heavy atom. The topological polar surface area (TPSA) is 48.9 Å². The Balaban J connectivity index is 0.00000450. The average molecular weight is 531 g/mol. The zero-order valence-electron chi connectivity index (χ0n) is 19.8. The maximum atomic E-state index is 6.11. The highest BCUT2D eigenvalue weighted by atomic mass is 127. The summed E-state index contributed by atoms with van der Waals surface area (Å²) in [4.78, 5) is 6.85. The summed E-state index contributed by atoms with van der Waals surface area (Å²) in [5.41, 5.74) is 2.81. The zero-order valence-corrected chi connectivity index (χ0v) is 22.2. The van der Waals surface area contributed by atoms with Crippen LogP contribution in [0.3, 0.4) is 0 Å². The molecule has 1 saturated heterocycles. The Hall–Kier alpha value is -0.860. The molecule has 30 heavy (non-hydrogen) atoms. The molecule has 2 rings (SSSR count). The van der Waals surface area contributed by atoms with Crippen LogP contribution in [-0.2, 0) is 17.8 Å². The van der Waals surface area contributed by atoms with Crippen LogP contribution < -0.4 is 10.6 Å². The van der Waals surface area contributed by atoms with Gasteiger partial charge in [0, 0.05) is 39.2 Å². The minimum Gasteiger partial charge on any atom is -0.377 e. The van der Waals surface area contributed by atoms with E-state index in [2.05, 4.69) is 79.4 Å². The Labute approximate surface area is 201 Å². The standard InChI is InChI=1S/C24H42N4O.HI/c1-7-28(8-2)18-20-12-9-11-19(15-20)16-26-23(25-6)27-17-21-13-10-14-29-22(21)24(3,4)5;/h9,11-12,15,21-22H,7-8,10,13-14,16-18H2,1-6H3,(H2,25,26,27);1H. The number of hydrogen-bond donors (Lipinski definition) is 2. The minimum atomic E-state index is 0. The third kappa shape index (κ3) is 8.71. The molecule has 1 heterocycles. The molecule has 1 aliphatic heterocycles. The number of aliphatic imine (C=N–C) groups is 1. The van der Waals surface area contributed by atoms with Crippen LogP contribution in [0.2, 0.25) is 0 Å². The lowest BCUT2D eigenvalue weighted by Crippen LogP contribution is -2.47. The molecule has 172 valence electrons. The van der Waals surface area contributed by atoms with Crippen LogP contribution in [0.1, 0.15) is 58.6 Å². The molecule has 2 N–H and O–H groups in total. The number of rotatable bonds is 8. The third-order valence-electron chi connectivity index (χ3n) is 5.81. The van der Waals surface area contributed by atoms with Gasteiger partial charge in [-0.05, 0) is 42.5 Å². The number of nitrogens with zero attached hydrogens (tertiary/aromatic N) is 2. The summed E-state index contributed by atoms with van der Waals surface area (Å²) < 4.78 is 6.11. The Morgan fingerprint density at radius 2 is 1.87 bits per heavy atom. The van der Waals surface area contributed by atoms with Crippen molar-refractivity contribution in [2.45, 2.75) is 66.7 Å². The second-order valence-corrected chi connectivity index (χ2v) is 9.15. The zero-order chi connectivity index (χ0) is 21.3. The number of guanidine groups is 1. The van der Waals surface area contributed by atoms with Crippen LogP contribution in [0.25, 0.3) is 0 Å². The predicted octanol–water partition coefficient (Wildman–Crippen LogP) is 4.65. The normalized spacial score (nSPS) is 20.0. The lowest BCUT2D eigenvalue weighted by molar-refractivity contribution is -0.0835. The summed E-state index contributed by atoms with van der Waals surface area (Å²) >= 11 is 0. The van der Waals surface area contributed by atoms with E-state index in [0.717, 1.165) is 51.7 Å². The van der Waals surface area contributed by atoms with Gasteiger partial charge in [0.05, 0.1) is 6.10 Å². The van der Waals surface area contributed by atoms with Gasteiger partial charge in [0.25, 0.3) is 0 Å². The van der Waals surface area contributed by atoms with Gasteiger partial charge >= 0.3 is 0 Å². The number of halogens is 1. The van der Waals surface area contributed by atoms with Gasteiger partial charge in [-0.2, -0.15) is 0 Å². The van der Waals surface area contributed by atoms with Gasteiger partial charge in [-0.3, -0.25) is 9.89 Å². The first-order valence-electron chi connectivity index (χ1n) is 11.2. The molecule has 0 amide bonds. The van der Waals surface area contributed by atoms with E-state index in [1.54, 1.807) is 0 Å². The molecule has 0 saturated carbocycles. The van der Waals surface area contributed by atoms with Gasteiger partial charge in [-0.15, -0.1) is 24.0 Å². The summed E-state index contributed by atoms with van der Waals surface area (Å²) in [6.07, 6.45) is 2.64. The second kappa shape index (κ2) is 13.5. The molecule has 1 aliphatic rings. The summed E-state index contributed by atoms with van der Waals surface area (Å²) in [5.74, 6) is 1.37. The quantitative estimate of drug-likeness (QED) is 0.292. The third-order valence-corrected chi connectivity index (χ3v) is 5.81. The van der Waals surface area contributed by atoms with Crippen molar-refractivity contribution in [3.05, 3.63) is 35.4 Å². The largest absolute Gasteiger partial charge is 0.377 e. The van der Waals surface area contributed by atoms with E-state index < -0.39 is 0 Å². The van der Waals surface area contributed by atoms with Crippen LogP contribution in [0, 0.1) is 11.3 Å². The molecule has 1 aromatic carbocycles. The van der Waals surface area contributed by atoms with E-state index in [0.29, 0.717) is 12.0 Å². The lowest BCUT2D eigenvalue weighted by atomic mass is 9.78. The van der Waals surface area contributed by atoms with Crippen LogP contribution in [0.5, 0.6) is 0 Å². The van der Waals surface area contributed by atoms with Gasteiger partial charge in [-0.1, -0.05) is 58.9 Å². The molecule has 0 aliphatic carbocycles. The molecule has 5 nitrogen and oxygen atoms in total. The molecule has 6 heteroatoms. The maximum absolute atomic E-state index is 6.11. The summed E-state index contributed by atoms with van der Waals surface area (Å²) in [5, 5.41) is 7.00. The minimum absolute atomic E-state index is 0. The summed E-state index contributed by atoms with van der Waals surface area (Å²) in [7, 11) is 1.84. The van der Waals surface area contributed by atoms with Gasteiger partial charge in [0.2, 0.25) is 0 Å². The van der Waals surface area contributed by atoms with Gasteiger partial charge in [0.15, 0.2) is 5.96 Å². The lowest BCUT2D eigenvalue weighted by Gasteiger charge is -2.40.